The molecule has 1 aromatic carbocycles. The lowest BCUT2D eigenvalue weighted by Crippen LogP contribution is -2.47. The molecule has 1 heterocycles. The molecule has 1 aromatic rings. The Labute approximate surface area is 114 Å². The summed E-state index contributed by atoms with van der Waals surface area (Å²) in [4.78, 5) is 22.6. The summed E-state index contributed by atoms with van der Waals surface area (Å²) in [5.74, 6) is -1.31. The van der Waals surface area contributed by atoms with Crippen LogP contribution in [0.2, 0.25) is 0 Å². The predicted octanol–water partition coefficient (Wildman–Crippen LogP) is 0.677. The fraction of sp³-hybridized carbons (Fsp3) is 0.250. The van der Waals surface area contributed by atoms with E-state index in [9.17, 15) is 14.0 Å². The van der Waals surface area contributed by atoms with E-state index < -0.39 is 17.8 Å². The molecule has 5 nitrogen and oxygen atoms in total. The monoisotopic (exact) mass is 281 g/mol. The topological polar surface area (TPSA) is 84.2 Å². The molecule has 2 rings (SSSR count). The highest BCUT2D eigenvalue weighted by molar-refractivity contribution is 7.80. The first kappa shape index (κ1) is 13.4. The van der Waals surface area contributed by atoms with Gasteiger partial charge in [-0.15, -0.1) is 0 Å². The maximum atomic E-state index is 13.8. The smallest absolute Gasteiger partial charge is 0.249 e. The summed E-state index contributed by atoms with van der Waals surface area (Å²) in [6, 6.07) is 3.62. The zero-order valence-corrected chi connectivity index (χ0v) is 10.7. The predicted molar refractivity (Wildman–Crippen MR) is 72.1 cm³/mol. The number of hydrogen-bond donors (Lipinski definition) is 3. The number of carbonyl (C=O) groups is 2. The Bertz CT molecular complexity index is 562. The second-order valence-corrected chi connectivity index (χ2v) is 4.65. The first-order chi connectivity index (χ1) is 8.97. The van der Waals surface area contributed by atoms with Gasteiger partial charge in [0.05, 0.1) is 5.69 Å². The number of rotatable bonds is 3. The second kappa shape index (κ2) is 5.31. The van der Waals surface area contributed by atoms with E-state index in [1.165, 1.54) is 12.1 Å². The number of thiocarbonyl (C=S) groups is 1. The van der Waals surface area contributed by atoms with Crippen LogP contribution in [0.25, 0.3) is 0 Å². The van der Waals surface area contributed by atoms with Crippen molar-refractivity contribution >= 4 is 34.7 Å². The number of hydrogen-bond acceptors (Lipinski definition) is 4. The van der Waals surface area contributed by atoms with Gasteiger partial charge in [0.25, 0.3) is 0 Å². The number of nitrogens with two attached hydrogens (primary N) is 1. The molecule has 1 fully saturated rings. The van der Waals surface area contributed by atoms with Crippen LogP contribution in [0, 0.1) is 5.82 Å². The summed E-state index contributed by atoms with van der Waals surface area (Å²) >= 11 is 4.75. The third-order valence-electron chi connectivity index (χ3n) is 2.82. The third kappa shape index (κ3) is 3.05. The Morgan fingerprint density at radius 1 is 1.47 bits per heavy atom. The van der Waals surface area contributed by atoms with Crippen molar-refractivity contribution < 1.29 is 14.0 Å². The fourth-order valence-electron chi connectivity index (χ4n) is 1.80. The van der Waals surface area contributed by atoms with E-state index in [0.717, 1.165) is 0 Å². The molecule has 1 unspecified atom stereocenters. The lowest BCUT2D eigenvalue weighted by molar-refractivity contribution is -0.133. The molecule has 0 aliphatic carbocycles. The van der Waals surface area contributed by atoms with Crippen LogP contribution in [0.15, 0.2) is 18.2 Å². The molecule has 0 saturated carbocycles. The average Bonchev–Trinajstić information content (AvgIpc) is 2.34. The molecule has 1 saturated heterocycles. The highest BCUT2D eigenvalue weighted by Crippen LogP contribution is 2.19. The van der Waals surface area contributed by atoms with E-state index in [0.29, 0.717) is 12.0 Å². The SMILES string of the molecule is NC(=S)c1ccc(NC2CCC(=O)NC2=O)c(F)c1. The lowest BCUT2D eigenvalue weighted by atomic mass is 10.1. The number of halogens is 1. The molecule has 1 aliphatic heterocycles. The fourth-order valence-corrected chi connectivity index (χ4v) is 1.93. The zero-order valence-electron chi connectivity index (χ0n) is 9.90. The Morgan fingerprint density at radius 2 is 2.21 bits per heavy atom. The van der Waals surface area contributed by atoms with Crippen LogP contribution in [0.3, 0.4) is 0 Å². The van der Waals surface area contributed by atoms with Gasteiger partial charge in [0.1, 0.15) is 16.8 Å². The molecule has 1 atom stereocenters. The molecule has 19 heavy (non-hydrogen) atoms. The Morgan fingerprint density at radius 3 is 2.79 bits per heavy atom. The summed E-state index contributed by atoms with van der Waals surface area (Å²) in [5.41, 5.74) is 5.99. The minimum absolute atomic E-state index is 0.103. The van der Waals surface area contributed by atoms with Gasteiger partial charge in [0.15, 0.2) is 0 Å². The summed E-state index contributed by atoms with van der Waals surface area (Å²) in [5, 5.41) is 4.96. The van der Waals surface area contributed by atoms with Gasteiger partial charge >= 0.3 is 0 Å². The zero-order chi connectivity index (χ0) is 14.0. The van der Waals surface area contributed by atoms with Crippen molar-refractivity contribution in [3.63, 3.8) is 0 Å². The molecule has 1 aliphatic rings. The molecule has 0 aromatic heterocycles. The standard InChI is InChI=1S/C12H12FN3O2S/c13-7-5-6(11(14)19)1-2-8(7)15-9-3-4-10(17)16-12(9)18/h1-2,5,9,15H,3-4H2,(H2,14,19)(H,16,17,18). The van der Waals surface area contributed by atoms with Crippen molar-refractivity contribution in [1.29, 1.82) is 0 Å². The van der Waals surface area contributed by atoms with Crippen LogP contribution >= 0.6 is 12.2 Å². The second-order valence-electron chi connectivity index (χ2n) is 4.21. The lowest BCUT2D eigenvalue weighted by Gasteiger charge is -2.23. The molecule has 0 radical (unpaired) electrons. The van der Waals surface area contributed by atoms with E-state index in [1.54, 1.807) is 6.07 Å². The average molecular weight is 281 g/mol. The Balaban J connectivity index is 2.13. The minimum atomic E-state index is -0.622. The number of piperidine rings is 1. The number of imide groups is 1. The quantitative estimate of drug-likeness (QED) is 0.560. The normalized spacial score (nSPS) is 18.9. The number of nitrogens with one attached hydrogen (secondary N) is 2. The van der Waals surface area contributed by atoms with Gasteiger partial charge in [0.2, 0.25) is 11.8 Å². The Kier molecular flexibility index (Phi) is 3.75. The van der Waals surface area contributed by atoms with Crippen LogP contribution in [0.4, 0.5) is 10.1 Å². The third-order valence-corrected chi connectivity index (χ3v) is 3.06. The molecule has 0 spiro atoms. The molecule has 7 heteroatoms. The van der Waals surface area contributed by atoms with Crippen molar-refractivity contribution in [1.82, 2.24) is 5.32 Å². The van der Waals surface area contributed by atoms with E-state index in [-0.39, 0.29) is 23.0 Å². The summed E-state index contributed by atoms with van der Waals surface area (Å²) < 4.78 is 13.8. The largest absolute Gasteiger partial charge is 0.389 e. The van der Waals surface area contributed by atoms with Gasteiger partial charge in [-0.05, 0) is 24.6 Å². The number of carbonyl (C=O) groups excluding carboxylic acids is 2. The van der Waals surface area contributed by atoms with Crippen LogP contribution in [-0.2, 0) is 9.59 Å². The minimum Gasteiger partial charge on any atom is -0.389 e. The summed E-state index contributed by atoms with van der Waals surface area (Å²) in [6.45, 7) is 0. The van der Waals surface area contributed by atoms with Crippen LogP contribution in [0.5, 0.6) is 0 Å². The van der Waals surface area contributed by atoms with Gasteiger partial charge in [-0.1, -0.05) is 12.2 Å². The van der Waals surface area contributed by atoms with E-state index >= 15 is 0 Å². The first-order valence-corrected chi connectivity index (χ1v) is 6.08. The van der Waals surface area contributed by atoms with Crippen molar-refractivity contribution in [2.45, 2.75) is 18.9 Å². The van der Waals surface area contributed by atoms with Crippen molar-refractivity contribution in [2.75, 3.05) is 5.32 Å². The molecule has 2 amide bonds. The first-order valence-electron chi connectivity index (χ1n) is 5.67. The number of amides is 2. The van der Waals surface area contributed by atoms with Gasteiger partial charge in [-0.2, -0.15) is 0 Å². The van der Waals surface area contributed by atoms with Crippen LogP contribution < -0.4 is 16.4 Å². The van der Waals surface area contributed by atoms with E-state index in [4.69, 9.17) is 18.0 Å². The van der Waals surface area contributed by atoms with E-state index in [2.05, 4.69) is 10.6 Å². The summed E-state index contributed by atoms with van der Waals surface area (Å²) in [7, 11) is 0. The van der Waals surface area contributed by atoms with Crippen molar-refractivity contribution in [3.8, 4) is 0 Å². The van der Waals surface area contributed by atoms with Crippen LogP contribution in [0.1, 0.15) is 18.4 Å². The van der Waals surface area contributed by atoms with Gasteiger partial charge in [0, 0.05) is 12.0 Å². The molecular formula is C12H12FN3O2S. The number of anilines is 1. The van der Waals surface area contributed by atoms with Gasteiger partial charge in [-0.25, -0.2) is 4.39 Å². The van der Waals surface area contributed by atoms with Crippen molar-refractivity contribution in [2.24, 2.45) is 5.73 Å². The van der Waals surface area contributed by atoms with Crippen molar-refractivity contribution in [3.05, 3.63) is 29.6 Å². The van der Waals surface area contributed by atoms with Crippen LogP contribution in [-0.4, -0.2) is 22.8 Å². The highest BCUT2D eigenvalue weighted by Gasteiger charge is 2.26. The molecular weight excluding hydrogens is 269 g/mol. The van der Waals surface area contributed by atoms with Gasteiger partial charge < -0.3 is 11.1 Å². The Hall–Kier alpha value is -2.02. The molecule has 100 valence electrons. The number of benzene rings is 1. The van der Waals surface area contributed by atoms with Gasteiger partial charge in [-0.3, -0.25) is 14.9 Å². The molecule has 4 N–H and O–H groups in total. The highest BCUT2D eigenvalue weighted by atomic mass is 32.1. The maximum Gasteiger partial charge on any atom is 0.249 e. The summed E-state index contributed by atoms with van der Waals surface area (Å²) in [6.07, 6.45) is 0.567. The van der Waals surface area contributed by atoms with E-state index in [1.807, 2.05) is 0 Å². The maximum absolute atomic E-state index is 13.8. The molecule has 0 bridgehead atoms.